The SMILES string of the molecule is Cc1ccc(N)cc1NC(=O)CSc1nncn1C. The van der Waals surface area contributed by atoms with Gasteiger partial charge in [0, 0.05) is 18.4 Å². The van der Waals surface area contributed by atoms with Crippen LogP contribution in [0.1, 0.15) is 5.56 Å². The first-order valence-electron chi connectivity index (χ1n) is 5.69. The number of carbonyl (C=O) groups is 1. The van der Waals surface area contributed by atoms with Crippen molar-refractivity contribution >= 4 is 29.0 Å². The number of amides is 1. The maximum absolute atomic E-state index is 11.9. The number of hydrogen-bond donors (Lipinski definition) is 2. The van der Waals surface area contributed by atoms with E-state index in [9.17, 15) is 4.79 Å². The molecule has 0 radical (unpaired) electrons. The summed E-state index contributed by atoms with van der Waals surface area (Å²) in [5.74, 6) is 0.183. The normalized spacial score (nSPS) is 10.4. The number of nitrogens with one attached hydrogen (secondary N) is 1. The highest BCUT2D eigenvalue weighted by atomic mass is 32.2. The first kappa shape index (κ1) is 13.4. The van der Waals surface area contributed by atoms with Crippen molar-refractivity contribution in [3.05, 3.63) is 30.1 Å². The Hall–Kier alpha value is -2.02. The molecule has 0 spiro atoms. The van der Waals surface area contributed by atoms with Crippen molar-refractivity contribution in [2.24, 2.45) is 7.05 Å². The lowest BCUT2D eigenvalue weighted by atomic mass is 10.2. The largest absolute Gasteiger partial charge is 0.399 e. The van der Waals surface area contributed by atoms with Gasteiger partial charge in [0.1, 0.15) is 6.33 Å². The maximum atomic E-state index is 11.9. The molecule has 2 rings (SSSR count). The second-order valence-corrected chi connectivity index (χ2v) is 5.08. The number of aromatic nitrogens is 3. The molecule has 2 aromatic rings. The van der Waals surface area contributed by atoms with Crippen LogP contribution < -0.4 is 11.1 Å². The summed E-state index contributed by atoms with van der Waals surface area (Å²) in [6, 6.07) is 5.43. The third kappa shape index (κ3) is 3.47. The van der Waals surface area contributed by atoms with Gasteiger partial charge in [0.05, 0.1) is 5.75 Å². The van der Waals surface area contributed by atoms with E-state index in [0.29, 0.717) is 10.8 Å². The Morgan fingerprint density at radius 3 is 3.00 bits per heavy atom. The molecule has 1 aromatic carbocycles. The van der Waals surface area contributed by atoms with Crippen molar-refractivity contribution in [2.75, 3.05) is 16.8 Å². The minimum atomic E-state index is -0.0956. The second-order valence-electron chi connectivity index (χ2n) is 4.14. The van der Waals surface area contributed by atoms with E-state index in [2.05, 4.69) is 15.5 Å². The Bertz CT molecular complexity index is 596. The molecule has 6 nitrogen and oxygen atoms in total. The van der Waals surface area contributed by atoms with Crippen molar-refractivity contribution in [3.8, 4) is 0 Å². The first-order valence-corrected chi connectivity index (χ1v) is 6.67. The number of nitrogens with two attached hydrogens (primary N) is 1. The fourth-order valence-electron chi connectivity index (χ4n) is 1.49. The number of benzene rings is 1. The second kappa shape index (κ2) is 5.75. The van der Waals surface area contributed by atoms with Gasteiger partial charge in [-0.05, 0) is 24.6 Å². The number of rotatable bonds is 4. The summed E-state index contributed by atoms with van der Waals surface area (Å²) in [6.45, 7) is 1.92. The zero-order valence-electron chi connectivity index (χ0n) is 10.8. The Kier molecular flexibility index (Phi) is 4.06. The average molecular weight is 277 g/mol. The highest BCUT2D eigenvalue weighted by molar-refractivity contribution is 7.99. The Morgan fingerprint density at radius 1 is 1.53 bits per heavy atom. The minimum Gasteiger partial charge on any atom is -0.399 e. The fourth-order valence-corrected chi connectivity index (χ4v) is 2.18. The lowest BCUT2D eigenvalue weighted by Crippen LogP contribution is -2.15. The zero-order chi connectivity index (χ0) is 13.8. The molecular formula is C12H15N5OS. The molecule has 7 heteroatoms. The standard InChI is InChI=1S/C12H15N5OS/c1-8-3-4-9(13)5-10(8)15-11(18)6-19-12-16-14-7-17(12)2/h3-5,7H,6,13H2,1-2H3,(H,15,18). The fraction of sp³-hybridized carbons (Fsp3) is 0.250. The van der Waals surface area contributed by atoms with Crippen LogP contribution >= 0.6 is 11.8 Å². The van der Waals surface area contributed by atoms with Crippen molar-refractivity contribution in [1.82, 2.24) is 14.8 Å². The molecule has 1 heterocycles. The van der Waals surface area contributed by atoms with Crippen LogP contribution in [0.2, 0.25) is 0 Å². The number of nitrogen functional groups attached to an aromatic ring is 1. The molecule has 0 bridgehead atoms. The first-order chi connectivity index (χ1) is 9.06. The summed E-state index contributed by atoms with van der Waals surface area (Å²) in [7, 11) is 1.84. The van der Waals surface area contributed by atoms with Crippen LogP contribution in [0.4, 0.5) is 11.4 Å². The van der Waals surface area contributed by atoms with E-state index in [0.717, 1.165) is 11.3 Å². The number of carbonyl (C=O) groups excluding carboxylic acids is 1. The molecule has 0 fully saturated rings. The summed E-state index contributed by atoms with van der Waals surface area (Å²) in [5.41, 5.74) is 8.04. The van der Waals surface area contributed by atoms with E-state index >= 15 is 0 Å². The number of anilines is 2. The van der Waals surface area contributed by atoms with Gasteiger partial charge < -0.3 is 15.6 Å². The molecule has 0 saturated heterocycles. The van der Waals surface area contributed by atoms with Gasteiger partial charge in [0.2, 0.25) is 5.91 Å². The topological polar surface area (TPSA) is 85.8 Å². The van der Waals surface area contributed by atoms with E-state index in [1.54, 1.807) is 23.0 Å². The van der Waals surface area contributed by atoms with Crippen molar-refractivity contribution in [2.45, 2.75) is 12.1 Å². The van der Waals surface area contributed by atoms with Crippen LogP contribution in [0.25, 0.3) is 0 Å². The quantitative estimate of drug-likeness (QED) is 0.652. The summed E-state index contributed by atoms with van der Waals surface area (Å²) in [4.78, 5) is 11.9. The van der Waals surface area contributed by atoms with Crippen LogP contribution in [-0.4, -0.2) is 26.4 Å². The van der Waals surface area contributed by atoms with E-state index in [4.69, 9.17) is 5.73 Å². The Balaban J connectivity index is 1.94. The molecule has 100 valence electrons. The molecule has 0 aliphatic rings. The molecule has 19 heavy (non-hydrogen) atoms. The number of hydrogen-bond acceptors (Lipinski definition) is 5. The van der Waals surface area contributed by atoms with Crippen molar-refractivity contribution < 1.29 is 4.79 Å². The van der Waals surface area contributed by atoms with Crippen LogP contribution in [0.5, 0.6) is 0 Å². The van der Waals surface area contributed by atoms with Crippen LogP contribution in [0.15, 0.2) is 29.7 Å². The third-order valence-electron chi connectivity index (χ3n) is 2.54. The van der Waals surface area contributed by atoms with E-state index in [-0.39, 0.29) is 11.7 Å². The van der Waals surface area contributed by atoms with E-state index in [1.165, 1.54) is 11.8 Å². The molecule has 0 saturated carbocycles. The van der Waals surface area contributed by atoms with Gasteiger partial charge in [-0.1, -0.05) is 17.8 Å². The van der Waals surface area contributed by atoms with Crippen LogP contribution in [0.3, 0.4) is 0 Å². The van der Waals surface area contributed by atoms with Crippen LogP contribution in [0, 0.1) is 6.92 Å². The monoisotopic (exact) mass is 277 g/mol. The van der Waals surface area contributed by atoms with E-state index < -0.39 is 0 Å². The zero-order valence-corrected chi connectivity index (χ0v) is 11.6. The maximum Gasteiger partial charge on any atom is 0.234 e. The van der Waals surface area contributed by atoms with Crippen LogP contribution in [-0.2, 0) is 11.8 Å². The molecule has 0 atom stereocenters. The van der Waals surface area contributed by atoms with Gasteiger partial charge in [-0.15, -0.1) is 10.2 Å². The summed E-state index contributed by atoms with van der Waals surface area (Å²) < 4.78 is 1.77. The smallest absolute Gasteiger partial charge is 0.234 e. The van der Waals surface area contributed by atoms with Crippen molar-refractivity contribution in [3.63, 3.8) is 0 Å². The van der Waals surface area contributed by atoms with Gasteiger partial charge in [0.25, 0.3) is 0 Å². The molecular weight excluding hydrogens is 262 g/mol. The predicted molar refractivity (Wildman–Crippen MR) is 75.9 cm³/mol. The highest BCUT2D eigenvalue weighted by Crippen LogP contribution is 2.19. The Labute approximate surface area is 115 Å². The summed E-state index contributed by atoms with van der Waals surface area (Å²) >= 11 is 1.34. The van der Waals surface area contributed by atoms with Gasteiger partial charge in [-0.25, -0.2) is 0 Å². The predicted octanol–water partition coefficient (Wildman–Crippen LogP) is 1.44. The molecule has 0 aliphatic carbocycles. The number of aryl methyl sites for hydroxylation is 2. The molecule has 1 amide bonds. The molecule has 0 aliphatic heterocycles. The molecule has 1 aromatic heterocycles. The minimum absolute atomic E-state index is 0.0956. The average Bonchev–Trinajstić information content (AvgIpc) is 2.77. The summed E-state index contributed by atoms with van der Waals surface area (Å²) in [5, 5.41) is 11.2. The van der Waals surface area contributed by atoms with Gasteiger partial charge in [-0.3, -0.25) is 4.79 Å². The molecule has 3 N–H and O–H groups in total. The third-order valence-corrected chi connectivity index (χ3v) is 3.57. The highest BCUT2D eigenvalue weighted by Gasteiger charge is 2.08. The number of thioether (sulfide) groups is 1. The van der Waals surface area contributed by atoms with Gasteiger partial charge in [-0.2, -0.15) is 0 Å². The lowest BCUT2D eigenvalue weighted by Gasteiger charge is -2.08. The summed E-state index contributed by atoms with van der Waals surface area (Å²) in [6.07, 6.45) is 1.60. The number of nitrogens with zero attached hydrogens (tertiary/aromatic N) is 3. The van der Waals surface area contributed by atoms with Crippen molar-refractivity contribution in [1.29, 1.82) is 0 Å². The van der Waals surface area contributed by atoms with E-state index in [1.807, 2.05) is 20.0 Å². The lowest BCUT2D eigenvalue weighted by molar-refractivity contribution is -0.113. The Morgan fingerprint density at radius 2 is 2.32 bits per heavy atom. The molecule has 0 unspecified atom stereocenters. The van der Waals surface area contributed by atoms with Gasteiger partial charge >= 0.3 is 0 Å². The van der Waals surface area contributed by atoms with Gasteiger partial charge in [0.15, 0.2) is 5.16 Å².